The standard InChI is InChI=1S/C23H26N4O4/c1-23(2,3)31-22(29)27(14-15-5-7-17(30-4)8-6-15)20-12-16(9-10-25-20)11-18-19(13-24)26-21(18)28/h5-10,12,18-19H,11,14H2,1-4H3,(H,26,28)/t18-,19-/m1/s1. The first-order valence-electron chi connectivity index (χ1n) is 9.98. The number of nitriles is 1. The highest BCUT2D eigenvalue weighted by Crippen LogP contribution is 2.25. The monoisotopic (exact) mass is 422 g/mol. The third-order valence-corrected chi connectivity index (χ3v) is 4.83. The number of rotatable bonds is 6. The molecule has 2 aromatic rings. The fourth-order valence-electron chi connectivity index (χ4n) is 3.21. The Balaban J connectivity index is 1.86. The molecule has 0 spiro atoms. The normalized spacial score (nSPS) is 17.7. The van der Waals surface area contributed by atoms with E-state index in [0.717, 1.165) is 16.9 Å². The van der Waals surface area contributed by atoms with Crippen LogP contribution in [0.2, 0.25) is 0 Å². The lowest BCUT2D eigenvalue weighted by Gasteiger charge is -2.32. The first-order chi connectivity index (χ1) is 14.7. The van der Waals surface area contributed by atoms with Crippen LogP contribution < -0.4 is 15.0 Å². The Kier molecular flexibility index (Phi) is 6.44. The molecule has 1 aromatic heterocycles. The second-order valence-corrected chi connectivity index (χ2v) is 8.36. The average Bonchev–Trinajstić information content (AvgIpc) is 2.73. The van der Waals surface area contributed by atoms with Crippen LogP contribution in [-0.4, -0.2) is 35.7 Å². The van der Waals surface area contributed by atoms with Crippen LogP contribution in [0.25, 0.3) is 0 Å². The molecule has 1 saturated heterocycles. The average molecular weight is 422 g/mol. The lowest BCUT2D eigenvalue weighted by Crippen LogP contribution is -2.58. The van der Waals surface area contributed by atoms with E-state index in [4.69, 9.17) is 14.7 Å². The molecular formula is C23H26N4O4. The Hall–Kier alpha value is -3.60. The van der Waals surface area contributed by atoms with Gasteiger partial charge in [0.15, 0.2) is 0 Å². The number of β-lactam (4-membered cyclic amide) rings is 1. The van der Waals surface area contributed by atoms with E-state index in [0.29, 0.717) is 12.2 Å². The Morgan fingerprint density at radius 3 is 2.52 bits per heavy atom. The summed E-state index contributed by atoms with van der Waals surface area (Å²) in [4.78, 5) is 30.6. The maximum Gasteiger partial charge on any atom is 0.416 e. The Bertz CT molecular complexity index is 992. The second kappa shape index (κ2) is 9.04. The molecule has 1 aliphatic rings. The van der Waals surface area contributed by atoms with Crippen molar-refractivity contribution in [3.8, 4) is 11.8 Å². The first-order valence-corrected chi connectivity index (χ1v) is 9.98. The third kappa shape index (κ3) is 5.51. The van der Waals surface area contributed by atoms with Crippen LogP contribution in [0.15, 0.2) is 42.6 Å². The molecule has 3 rings (SSSR count). The number of aromatic nitrogens is 1. The van der Waals surface area contributed by atoms with E-state index in [1.807, 2.05) is 24.3 Å². The zero-order chi connectivity index (χ0) is 22.6. The first kappa shape index (κ1) is 22.1. The molecule has 0 radical (unpaired) electrons. The van der Waals surface area contributed by atoms with Crippen molar-refractivity contribution in [2.24, 2.45) is 5.92 Å². The van der Waals surface area contributed by atoms with Crippen LogP contribution in [0.1, 0.15) is 31.9 Å². The molecule has 0 saturated carbocycles. The highest BCUT2D eigenvalue weighted by Gasteiger charge is 2.39. The van der Waals surface area contributed by atoms with Gasteiger partial charge in [-0.3, -0.25) is 9.69 Å². The number of hydrogen-bond donors (Lipinski definition) is 1. The van der Waals surface area contributed by atoms with Crippen molar-refractivity contribution in [1.82, 2.24) is 10.3 Å². The molecule has 1 N–H and O–H groups in total. The summed E-state index contributed by atoms with van der Waals surface area (Å²) in [7, 11) is 1.59. The van der Waals surface area contributed by atoms with Crippen LogP contribution in [0.4, 0.5) is 10.6 Å². The zero-order valence-corrected chi connectivity index (χ0v) is 18.1. The number of carbonyl (C=O) groups excluding carboxylic acids is 2. The third-order valence-electron chi connectivity index (χ3n) is 4.83. The Morgan fingerprint density at radius 2 is 1.94 bits per heavy atom. The number of amides is 2. The van der Waals surface area contributed by atoms with Gasteiger partial charge in [0.25, 0.3) is 0 Å². The zero-order valence-electron chi connectivity index (χ0n) is 18.1. The number of ether oxygens (including phenoxy) is 2. The van der Waals surface area contributed by atoms with Crippen molar-refractivity contribution in [3.63, 3.8) is 0 Å². The van der Waals surface area contributed by atoms with E-state index in [9.17, 15) is 9.59 Å². The van der Waals surface area contributed by atoms with Gasteiger partial charge in [0.2, 0.25) is 5.91 Å². The summed E-state index contributed by atoms with van der Waals surface area (Å²) in [5, 5.41) is 11.7. The fraction of sp³-hybridized carbons (Fsp3) is 0.391. The molecule has 2 atom stereocenters. The summed E-state index contributed by atoms with van der Waals surface area (Å²) >= 11 is 0. The van der Waals surface area contributed by atoms with E-state index in [2.05, 4.69) is 16.4 Å². The Morgan fingerprint density at radius 1 is 1.23 bits per heavy atom. The summed E-state index contributed by atoms with van der Waals surface area (Å²) in [5.41, 5.74) is 1.02. The van der Waals surface area contributed by atoms with Gasteiger partial charge in [-0.05, 0) is 62.6 Å². The summed E-state index contributed by atoms with van der Waals surface area (Å²) in [6.45, 7) is 5.66. The van der Waals surface area contributed by atoms with Gasteiger partial charge in [0.1, 0.15) is 23.2 Å². The van der Waals surface area contributed by atoms with Crippen molar-refractivity contribution in [2.45, 2.75) is 45.4 Å². The predicted octanol–water partition coefficient (Wildman–Crippen LogP) is 3.21. The van der Waals surface area contributed by atoms with Crippen molar-refractivity contribution < 1.29 is 19.1 Å². The van der Waals surface area contributed by atoms with Gasteiger partial charge >= 0.3 is 6.09 Å². The van der Waals surface area contributed by atoms with Crippen LogP contribution in [0.5, 0.6) is 5.75 Å². The van der Waals surface area contributed by atoms with Crippen molar-refractivity contribution in [3.05, 3.63) is 53.7 Å². The Labute approximate surface area is 181 Å². The fourth-order valence-corrected chi connectivity index (χ4v) is 3.21. The van der Waals surface area contributed by atoms with Gasteiger partial charge in [-0.1, -0.05) is 12.1 Å². The predicted molar refractivity (Wildman–Crippen MR) is 114 cm³/mol. The van der Waals surface area contributed by atoms with E-state index in [1.165, 1.54) is 4.90 Å². The molecule has 8 heteroatoms. The molecule has 0 unspecified atom stereocenters. The van der Waals surface area contributed by atoms with Crippen LogP contribution >= 0.6 is 0 Å². The topological polar surface area (TPSA) is 105 Å². The van der Waals surface area contributed by atoms with E-state index in [-0.39, 0.29) is 12.5 Å². The summed E-state index contributed by atoms with van der Waals surface area (Å²) in [5.74, 6) is 0.582. The summed E-state index contributed by atoms with van der Waals surface area (Å²) in [6.07, 6.45) is 1.46. The lowest BCUT2D eigenvalue weighted by molar-refractivity contribution is -0.133. The molecule has 0 bridgehead atoms. The minimum atomic E-state index is -0.670. The van der Waals surface area contributed by atoms with Crippen molar-refractivity contribution >= 4 is 17.8 Å². The minimum Gasteiger partial charge on any atom is -0.497 e. The summed E-state index contributed by atoms with van der Waals surface area (Å²) in [6, 6.07) is 12.5. The number of methoxy groups -OCH3 is 1. The molecule has 31 heavy (non-hydrogen) atoms. The number of nitrogens with zero attached hydrogens (tertiary/aromatic N) is 3. The largest absolute Gasteiger partial charge is 0.497 e. The molecule has 2 heterocycles. The number of nitrogens with one attached hydrogen (secondary N) is 1. The van der Waals surface area contributed by atoms with Crippen molar-refractivity contribution in [2.75, 3.05) is 12.0 Å². The number of carbonyl (C=O) groups is 2. The minimum absolute atomic E-state index is 0.146. The van der Waals surface area contributed by atoms with Gasteiger partial charge < -0.3 is 14.8 Å². The second-order valence-electron chi connectivity index (χ2n) is 8.36. The SMILES string of the molecule is COc1ccc(CN(C(=O)OC(C)(C)C)c2cc(C[C@H]3C(=O)N[C@@H]3C#N)ccn2)cc1. The van der Waals surface area contributed by atoms with E-state index >= 15 is 0 Å². The molecule has 1 aromatic carbocycles. The molecule has 1 aliphatic heterocycles. The van der Waals surface area contributed by atoms with Gasteiger partial charge in [-0.15, -0.1) is 0 Å². The van der Waals surface area contributed by atoms with Crippen LogP contribution in [0.3, 0.4) is 0 Å². The quantitative estimate of drug-likeness (QED) is 0.717. The molecule has 162 valence electrons. The van der Waals surface area contributed by atoms with E-state index in [1.54, 1.807) is 46.2 Å². The van der Waals surface area contributed by atoms with Gasteiger partial charge in [-0.25, -0.2) is 9.78 Å². The molecular weight excluding hydrogens is 396 g/mol. The summed E-state index contributed by atoms with van der Waals surface area (Å²) < 4.78 is 10.8. The number of hydrogen-bond acceptors (Lipinski definition) is 6. The molecule has 0 aliphatic carbocycles. The maximum atomic E-state index is 13.0. The van der Waals surface area contributed by atoms with Gasteiger partial charge in [0, 0.05) is 6.20 Å². The van der Waals surface area contributed by atoms with Gasteiger partial charge in [-0.2, -0.15) is 5.26 Å². The maximum absolute atomic E-state index is 13.0. The highest BCUT2D eigenvalue weighted by atomic mass is 16.6. The molecule has 8 nitrogen and oxygen atoms in total. The number of pyridine rings is 1. The smallest absolute Gasteiger partial charge is 0.416 e. The molecule has 1 fully saturated rings. The van der Waals surface area contributed by atoms with Gasteiger partial charge in [0.05, 0.1) is 25.6 Å². The molecule has 2 amide bonds. The highest BCUT2D eigenvalue weighted by molar-refractivity contribution is 5.88. The van der Waals surface area contributed by atoms with E-state index < -0.39 is 23.7 Å². The van der Waals surface area contributed by atoms with Crippen LogP contribution in [0, 0.1) is 17.2 Å². The van der Waals surface area contributed by atoms with Crippen molar-refractivity contribution in [1.29, 1.82) is 5.26 Å². The lowest BCUT2D eigenvalue weighted by atomic mass is 9.86. The van der Waals surface area contributed by atoms with Crippen LogP contribution in [-0.2, 0) is 22.5 Å². The number of anilines is 1. The number of benzene rings is 1.